The second-order valence-electron chi connectivity index (χ2n) is 5.72. The van der Waals surface area contributed by atoms with E-state index in [0.717, 1.165) is 12.8 Å². The predicted octanol–water partition coefficient (Wildman–Crippen LogP) is 1.85. The number of carbonyl (C=O) groups excluding carboxylic acids is 1. The highest BCUT2D eigenvalue weighted by Gasteiger charge is 2.31. The zero-order valence-electron chi connectivity index (χ0n) is 12.3. The highest BCUT2D eigenvalue weighted by molar-refractivity contribution is 5.93. The van der Waals surface area contributed by atoms with E-state index < -0.39 is 11.9 Å². The largest absolute Gasteiger partial charge is 0.391 e. The third-order valence-corrected chi connectivity index (χ3v) is 3.90. The summed E-state index contributed by atoms with van der Waals surface area (Å²) in [5.41, 5.74) is 0.663. The summed E-state index contributed by atoms with van der Waals surface area (Å²) in [5, 5.41) is 14.0. The number of amides is 1. The quantitative estimate of drug-likeness (QED) is 0.917. The molecule has 1 aliphatic rings. The van der Waals surface area contributed by atoms with Crippen molar-refractivity contribution < 1.29 is 14.3 Å². The summed E-state index contributed by atoms with van der Waals surface area (Å²) in [6, 6.07) is 6.24. The number of benzene rings is 1. The molecule has 116 valence electrons. The molecule has 6 heteroatoms. The molecule has 1 aromatic heterocycles. The minimum Gasteiger partial charge on any atom is -0.391 e. The maximum absolute atomic E-state index is 13.7. The second kappa shape index (κ2) is 5.88. The normalized spacial score (nSPS) is 15.6. The molecule has 1 amide bonds. The van der Waals surface area contributed by atoms with Gasteiger partial charge in [0.05, 0.1) is 17.9 Å². The van der Waals surface area contributed by atoms with Crippen molar-refractivity contribution in [3.05, 3.63) is 48.0 Å². The van der Waals surface area contributed by atoms with Crippen LogP contribution < -0.4 is 0 Å². The van der Waals surface area contributed by atoms with Crippen LogP contribution >= 0.6 is 0 Å². The first-order valence-corrected chi connectivity index (χ1v) is 7.29. The van der Waals surface area contributed by atoms with Crippen LogP contribution in [0.2, 0.25) is 0 Å². The maximum atomic E-state index is 13.7. The van der Waals surface area contributed by atoms with Crippen LogP contribution in [0.1, 0.15) is 23.2 Å². The van der Waals surface area contributed by atoms with E-state index in [-0.39, 0.29) is 5.91 Å². The molecule has 1 unspecified atom stereocenters. The van der Waals surface area contributed by atoms with E-state index in [9.17, 15) is 14.3 Å². The van der Waals surface area contributed by atoms with Gasteiger partial charge in [-0.05, 0) is 30.9 Å². The minimum absolute atomic E-state index is 0.234. The predicted molar refractivity (Wildman–Crippen MR) is 79.2 cm³/mol. The molecule has 1 aromatic carbocycles. The summed E-state index contributed by atoms with van der Waals surface area (Å²) in [6.45, 7) is 0.300. The number of para-hydroxylation sites is 1. The number of nitrogens with zero attached hydrogens (tertiary/aromatic N) is 3. The van der Waals surface area contributed by atoms with E-state index in [1.165, 1.54) is 28.0 Å². The topological polar surface area (TPSA) is 58.4 Å². The van der Waals surface area contributed by atoms with E-state index in [2.05, 4.69) is 5.10 Å². The van der Waals surface area contributed by atoms with Gasteiger partial charge in [-0.25, -0.2) is 9.07 Å². The van der Waals surface area contributed by atoms with Crippen molar-refractivity contribution in [3.63, 3.8) is 0 Å². The summed E-state index contributed by atoms with van der Waals surface area (Å²) in [5.74, 6) is -0.319. The molecule has 0 radical (unpaired) electrons. The Morgan fingerprint density at radius 3 is 2.91 bits per heavy atom. The van der Waals surface area contributed by atoms with Gasteiger partial charge in [-0.1, -0.05) is 12.1 Å². The molecule has 0 spiro atoms. The summed E-state index contributed by atoms with van der Waals surface area (Å²) < 4.78 is 15.1. The first-order valence-electron chi connectivity index (χ1n) is 7.29. The van der Waals surface area contributed by atoms with Gasteiger partial charge in [0.25, 0.3) is 5.91 Å². The van der Waals surface area contributed by atoms with Gasteiger partial charge in [0, 0.05) is 19.8 Å². The molecule has 0 aliphatic heterocycles. The average Bonchev–Trinajstić information content (AvgIpc) is 3.25. The van der Waals surface area contributed by atoms with Crippen LogP contribution in [0.5, 0.6) is 0 Å². The molecule has 1 atom stereocenters. The Balaban J connectivity index is 1.72. The first-order chi connectivity index (χ1) is 10.6. The smallest absolute Gasteiger partial charge is 0.256 e. The molecular weight excluding hydrogens is 285 g/mol. The van der Waals surface area contributed by atoms with Gasteiger partial charge in [0.2, 0.25) is 0 Å². The molecule has 5 nitrogen and oxygen atoms in total. The Labute approximate surface area is 128 Å². The van der Waals surface area contributed by atoms with Crippen molar-refractivity contribution in [2.45, 2.75) is 18.9 Å². The number of carbonyl (C=O) groups is 1. The van der Waals surface area contributed by atoms with Crippen LogP contribution in [0.3, 0.4) is 0 Å². The van der Waals surface area contributed by atoms with Crippen LogP contribution in [-0.4, -0.2) is 45.4 Å². The molecular formula is C16H18FN3O2. The zero-order valence-corrected chi connectivity index (χ0v) is 12.3. The van der Waals surface area contributed by atoms with Crippen molar-refractivity contribution in [3.8, 4) is 5.69 Å². The summed E-state index contributed by atoms with van der Waals surface area (Å²) in [4.78, 5) is 13.8. The first kappa shape index (κ1) is 14.7. The molecule has 2 aromatic rings. The van der Waals surface area contributed by atoms with Gasteiger partial charge in [0.1, 0.15) is 11.5 Å². The number of halogens is 1. The molecule has 1 N–H and O–H groups in total. The second-order valence-corrected chi connectivity index (χ2v) is 5.72. The van der Waals surface area contributed by atoms with E-state index >= 15 is 0 Å². The molecule has 0 bridgehead atoms. The van der Waals surface area contributed by atoms with E-state index in [1.807, 2.05) is 0 Å². The fraction of sp³-hybridized carbons (Fsp3) is 0.375. The molecule has 1 fully saturated rings. The van der Waals surface area contributed by atoms with Gasteiger partial charge in [-0.2, -0.15) is 5.10 Å². The summed E-state index contributed by atoms with van der Waals surface area (Å²) in [6.07, 6.45) is 4.48. The monoisotopic (exact) mass is 303 g/mol. The van der Waals surface area contributed by atoms with E-state index in [0.29, 0.717) is 23.7 Å². The average molecular weight is 303 g/mol. The van der Waals surface area contributed by atoms with Crippen LogP contribution in [0, 0.1) is 11.7 Å². The fourth-order valence-corrected chi connectivity index (χ4v) is 2.42. The molecule has 22 heavy (non-hydrogen) atoms. The Morgan fingerprint density at radius 2 is 2.23 bits per heavy atom. The lowest BCUT2D eigenvalue weighted by Crippen LogP contribution is -2.35. The van der Waals surface area contributed by atoms with Crippen molar-refractivity contribution in [2.24, 2.45) is 5.92 Å². The maximum Gasteiger partial charge on any atom is 0.256 e. The van der Waals surface area contributed by atoms with Gasteiger partial charge < -0.3 is 10.0 Å². The number of hydrogen-bond acceptors (Lipinski definition) is 3. The lowest BCUT2D eigenvalue weighted by Gasteiger charge is -2.19. The van der Waals surface area contributed by atoms with Crippen LogP contribution in [-0.2, 0) is 0 Å². The van der Waals surface area contributed by atoms with Crippen molar-refractivity contribution in [2.75, 3.05) is 13.6 Å². The van der Waals surface area contributed by atoms with E-state index in [4.69, 9.17) is 0 Å². The number of aliphatic hydroxyl groups is 1. The highest BCUT2D eigenvalue weighted by Crippen LogP contribution is 2.32. The Hall–Kier alpha value is -2.21. The summed E-state index contributed by atoms with van der Waals surface area (Å²) in [7, 11) is 1.65. The number of rotatable bonds is 5. The Morgan fingerprint density at radius 1 is 1.50 bits per heavy atom. The summed E-state index contributed by atoms with van der Waals surface area (Å²) >= 11 is 0. The number of aromatic nitrogens is 2. The van der Waals surface area contributed by atoms with Gasteiger partial charge in [-0.3, -0.25) is 4.79 Å². The molecule has 1 heterocycles. The third-order valence-electron chi connectivity index (χ3n) is 3.90. The van der Waals surface area contributed by atoms with Crippen molar-refractivity contribution in [1.29, 1.82) is 0 Å². The number of hydrogen-bond donors (Lipinski definition) is 1. The Kier molecular flexibility index (Phi) is 3.94. The minimum atomic E-state index is -0.476. The van der Waals surface area contributed by atoms with Crippen LogP contribution in [0.25, 0.3) is 5.69 Å². The highest BCUT2D eigenvalue weighted by atomic mass is 19.1. The van der Waals surface area contributed by atoms with Crippen molar-refractivity contribution >= 4 is 5.91 Å². The fourth-order valence-electron chi connectivity index (χ4n) is 2.42. The lowest BCUT2D eigenvalue weighted by molar-refractivity contribution is 0.0645. The van der Waals surface area contributed by atoms with Crippen LogP contribution in [0.15, 0.2) is 36.7 Å². The third kappa shape index (κ3) is 3.01. The van der Waals surface area contributed by atoms with Gasteiger partial charge in [-0.15, -0.1) is 0 Å². The standard InChI is InChI=1S/C16H18FN3O2/c1-19(10-15(21)11-6-7-11)16(22)12-8-18-20(9-12)14-5-3-2-4-13(14)17/h2-5,8-9,11,15,21H,6-7,10H2,1H3. The van der Waals surface area contributed by atoms with Gasteiger partial charge >= 0.3 is 0 Å². The molecule has 3 rings (SSSR count). The number of aliphatic hydroxyl groups excluding tert-OH is 1. The Bertz CT molecular complexity index is 682. The number of likely N-dealkylation sites (N-methyl/N-ethyl adjacent to an activating group) is 1. The lowest BCUT2D eigenvalue weighted by atomic mass is 10.2. The van der Waals surface area contributed by atoms with Crippen molar-refractivity contribution in [1.82, 2.24) is 14.7 Å². The van der Waals surface area contributed by atoms with Gasteiger partial charge in [0.15, 0.2) is 0 Å². The molecule has 1 saturated carbocycles. The zero-order chi connectivity index (χ0) is 15.7. The molecule has 1 aliphatic carbocycles. The molecule has 0 saturated heterocycles. The SMILES string of the molecule is CN(CC(O)C1CC1)C(=O)c1cnn(-c2ccccc2F)c1. The van der Waals surface area contributed by atoms with E-state index in [1.54, 1.807) is 25.2 Å². The van der Waals surface area contributed by atoms with Crippen LogP contribution in [0.4, 0.5) is 4.39 Å².